The molecule has 158 valence electrons. The van der Waals surface area contributed by atoms with Gasteiger partial charge in [0, 0.05) is 36.0 Å². The molecule has 1 aliphatic heterocycles. The number of nitrogens with one attached hydrogen (secondary N) is 2. The summed E-state index contributed by atoms with van der Waals surface area (Å²) in [5, 5.41) is 7.60. The second kappa shape index (κ2) is 9.00. The Morgan fingerprint density at radius 3 is 2.55 bits per heavy atom. The molecule has 6 heteroatoms. The Balaban J connectivity index is 1.42. The van der Waals surface area contributed by atoms with E-state index < -0.39 is 0 Å². The van der Waals surface area contributed by atoms with Gasteiger partial charge >= 0.3 is 0 Å². The number of hydrogen-bond acceptors (Lipinski definition) is 3. The molecule has 1 unspecified atom stereocenters. The molecule has 3 aromatic rings. The van der Waals surface area contributed by atoms with Crippen molar-refractivity contribution in [3.63, 3.8) is 0 Å². The van der Waals surface area contributed by atoms with Gasteiger partial charge in [-0.2, -0.15) is 0 Å². The van der Waals surface area contributed by atoms with Gasteiger partial charge in [0.05, 0.1) is 0 Å². The zero-order valence-electron chi connectivity index (χ0n) is 17.3. The van der Waals surface area contributed by atoms with Crippen molar-refractivity contribution in [2.75, 3.05) is 6.54 Å². The zero-order valence-corrected chi connectivity index (χ0v) is 17.3. The van der Waals surface area contributed by atoms with Crippen LogP contribution in [0.15, 0.2) is 71.7 Å². The summed E-state index contributed by atoms with van der Waals surface area (Å²) >= 11 is 0. The molecule has 1 fully saturated rings. The van der Waals surface area contributed by atoms with Gasteiger partial charge < -0.3 is 15.6 Å². The molecule has 2 heterocycles. The Bertz CT molecular complexity index is 1130. The molecule has 1 atom stereocenters. The standard InChI is InChI=1S/C25H26N4O2/c26-24(27)20-4-1-3-17(15-20)6-12-22-5-2-14-29(22)25(31)19-9-7-18(8-10-19)21-11-13-23(30)28-16-21/h1,3-4,7-11,13,15-16,22H,2,5-6,12,14H2,(H3,26,27)(H,28,30). The SMILES string of the molecule is N=C(N)c1cccc(CCC2CCCN2C(=O)c2ccc(-c3ccc(=O)[nH]c3)cc2)c1. The van der Waals surface area contributed by atoms with Crippen LogP contribution >= 0.6 is 0 Å². The lowest BCUT2D eigenvalue weighted by Crippen LogP contribution is -2.35. The van der Waals surface area contributed by atoms with E-state index in [1.165, 1.54) is 6.07 Å². The van der Waals surface area contributed by atoms with Crippen LogP contribution in [-0.4, -0.2) is 34.2 Å². The van der Waals surface area contributed by atoms with Crippen LogP contribution < -0.4 is 11.3 Å². The number of likely N-dealkylation sites (tertiary alicyclic amines) is 1. The van der Waals surface area contributed by atoms with Crippen LogP contribution in [0.2, 0.25) is 0 Å². The molecule has 0 bridgehead atoms. The monoisotopic (exact) mass is 414 g/mol. The van der Waals surface area contributed by atoms with Gasteiger partial charge in [-0.15, -0.1) is 0 Å². The van der Waals surface area contributed by atoms with Crippen LogP contribution in [0.25, 0.3) is 11.1 Å². The number of pyridine rings is 1. The van der Waals surface area contributed by atoms with Gasteiger partial charge in [0.1, 0.15) is 5.84 Å². The fourth-order valence-electron chi connectivity index (χ4n) is 4.19. The molecule has 4 N–H and O–H groups in total. The van der Waals surface area contributed by atoms with E-state index in [9.17, 15) is 9.59 Å². The minimum absolute atomic E-state index is 0.0630. The van der Waals surface area contributed by atoms with Crippen LogP contribution in [0.3, 0.4) is 0 Å². The molecule has 1 amide bonds. The van der Waals surface area contributed by atoms with Crippen molar-refractivity contribution in [1.82, 2.24) is 9.88 Å². The van der Waals surface area contributed by atoms with E-state index in [-0.39, 0.29) is 23.3 Å². The Morgan fingerprint density at radius 2 is 1.84 bits per heavy atom. The molecule has 1 aliphatic rings. The highest BCUT2D eigenvalue weighted by molar-refractivity contribution is 5.95. The number of aryl methyl sites for hydroxylation is 1. The highest BCUT2D eigenvalue weighted by Crippen LogP contribution is 2.25. The quantitative estimate of drug-likeness (QED) is 0.424. The summed E-state index contributed by atoms with van der Waals surface area (Å²) in [5.74, 6) is 0.137. The first-order valence-corrected chi connectivity index (χ1v) is 10.5. The molecule has 1 aromatic heterocycles. The number of nitrogen functional groups attached to an aromatic ring is 1. The van der Waals surface area contributed by atoms with Gasteiger partial charge in [0.15, 0.2) is 0 Å². The highest BCUT2D eigenvalue weighted by Gasteiger charge is 2.29. The molecule has 0 radical (unpaired) electrons. The number of hydrogen-bond donors (Lipinski definition) is 3. The molecule has 0 saturated carbocycles. The van der Waals surface area contributed by atoms with Crippen molar-refractivity contribution in [3.05, 3.63) is 93.9 Å². The van der Waals surface area contributed by atoms with Crippen molar-refractivity contribution in [2.24, 2.45) is 5.73 Å². The highest BCUT2D eigenvalue weighted by atomic mass is 16.2. The number of benzene rings is 2. The smallest absolute Gasteiger partial charge is 0.254 e. The summed E-state index contributed by atoms with van der Waals surface area (Å²) in [6.45, 7) is 0.776. The number of H-pyrrole nitrogens is 1. The third kappa shape index (κ3) is 4.74. The van der Waals surface area contributed by atoms with Crippen molar-refractivity contribution in [2.45, 2.75) is 31.7 Å². The molecule has 1 saturated heterocycles. The van der Waals surface area contributed by atoms with Gasteiger partial charge in [-0.05, 0) is 66.6 Å². The summed E-state index contributed by atoms with van der Waals surface area (Å²) < 4.78 is 0. The molecule has 0 aliphatic carbocycles. The van der Waals surface area contributed by atoms with E-state index in [0.29, 0.717) is 5.56 Å². The van der Waals surface area contributed by atoms with Gasteiger partial charge in [0.25, 0.3) is 5.91 Å². The van der Waals surface area contributed by atoms with E-state index in [1.54, 1.807) is 12.3 Å². The first-order chi connectivity index (χ1) is 15.0. The molecule has 0 spiro atoms. The number of amidine groups is 1. The number of aromatic amines is 1. The van der Waals surface area contributed by atoms with E-state index in [4.69, 9.17) is 11.1 Å². The molecular weight excluding hydrogens is 388 g/mol. The number of rotatable bonds is 6. The molecule has 4 rings (SSSR count). The molecule has 2 aromatic carbocycles. The number of aromatic nitrogens is 1. The van der Waals surface area contributed by atoms with Crippen molar-refractivity contribution in [3.8, 4) is 11.1 Å². The van der Waals surface area contributed by atoms with E-state index >= 15 is 0 Å². The number of carbonyl (C=O) groups excluding carboxylic acids is 1. The lowest BCUT2D eigenvalue weighted by atomic mass is 10.0. The largest absolute Gasteiger partial charge is 0.384 e. The molecule has 6 nitrogen and oxygen atoms in total. The van der Waals surface area contributed by atoms with Crippen LogP contribution in [0.5, 0.6) is 0 Å². The lowest BCUT2D eigenvalue weighted by molar-refractivity contribution is 0.0730. The van der Waals surface area contributed by atoms with Crippen LogP contribution in [0.1, 0.15) is 40.7 Å². The number of carbonyl (C=O) groups is 1. The predicted octanol–water partition coefficient (Wildman–Crippen LogP) is 3.56. The first-order valence-electron chi connectivity index (χ1n) is 10.5. The number of nitrogens with zero attached hydrogens (tertiary/aromatic N) is 1. The number of amides is 1. The van der Waals surface area contributed by atoms with E-state index in [2.05, 4.69) is 4.98 Å². The maximum atomic E-state index is 13.1. The normalized spacial score (nSPS) is 15.7. The Kier molecular flexibility index (Phi) is 5.98. The van der Waals surface area contributed by atoms with Gasteiger partial charge in [-0.25, -0.2) is 0 Å². The number of nitrogens with two attached hydrogens (primary N) is 1. The fourth-order valence-corrected chi connectivity index (χ4v) is 4.19. The van der Waals surface area contributed by atoms with Crippen LogP contribution in [-0.2, 0) is 6.42 Å². The molecular formula is C25H26N4O2. The summed E-state index contributed by atoms with van der Waals surface area (Å²) in [4.78, 5) is 29.0. The third-order valence-electron chi connectivity index (χ3n) is 5.89. The van der Waals surface area contributed by atoms with Crippen LogP contribution in [0.4, 0.5) is 0 Å². The Labute approximate surface area is 181 Å². The second-order valence-corrected chi connectivity index (χ2v) is 7.97. The maximum Gasteiger partial charge on any atom is 0.254 e. The van der Waals surface area contributed by atoms with Crippen molar-refractivity contribution >= 4 is 11.7 Å². The van der Waals surface area contributed by atoms with Crippen molar-refractivity contribution < 1.29 is 4.79 Å². The summed E-state index contributed by atoms with van der Waals surface area (Å²) in [6, 6.07) is 18.8. The minimum Gasteiger partial charge on any atom is -0.384 e. The summed E-state index contributed by atoms with van der Waals surface area (Å²) in [5.41, 5.74) is 9.87. The summed E-state index contributed by atoms with van der Waals surface area (Å²) in [7, 11) is 0. The average molecular weight is 415 g/mol. The zero-order chi connectivity index (χ0) is 21.8. The predicted molar refractivity (Wildman–Crippen MR) is 122 cm³/mol. The van der Waals surface area contributed by atoms with E-state index in [0.717, 1.165) is 54.5 Å². The fraction of sp³-hybridized carbons (Fsp3) is 0.240. The van der Waals surface area contributed by atoms with Gasteiger partial charge in [0.2, 0.25) is 5.56 Å². The van der Waals surface area contributed by atoms with Gasteiger partial charge in [-0.1, -0.05) is 30.3 Å². The van der Waals surface area contributed by atoms with Crippen LogP contribution in [0, 0.1) is 5.41 Å². The third-order valence-corrected chi connectivity index (χ3v) is 5.89. The van der Waals surface area contributed by atoms with Gasteiger partial charge in [-0.3, -0.25) is 15.0 Å². The Hall–Kier alpha value is -3.67. The second-order valence-electron chi connectivity index (χ2n) is 7.97. The maximum absolute atomic E-state index is 13.1. The first kappa shape index (κ1) is 20.6. The van der Waals surface area contributed by atoms with Crippen molar-refractivity contribution in [1.29, 1.82) is 5.41 Å². The average Bonchev–Trinajstić information content (AvgIpc) is 3.27. The Morgan fingerprint density at radius 1 is 1.06 bits per heavy atom. The lowest BCUT2D eigenvalue weighted by Gasteiger charge is -2.25. The summed E-state index contributed by atoms with van der Waals surface area (Å²) in [6.07, 6.45) is 5.44. The molecule has 31 heavy (non-hydrogen) atoms. The topological polar surface area (TPSA) is 103 Å². The van der Waals surface area contributed by atoms with E-state index in [1.807, 2.05) is 53.4 Å². The minimum atomic E-state index is -0.136.